The molecule has 0 bridgehead atoms. The van der Waals surface area contributed by atoms with Crippen LogP contribution in [0.4, 0.5) is 17.1 Å². The fourth-order valence-corrected chi connectivity index (χ4v) is 6.06. The van der Waals surface area contributed by atoms with Gasteiger partial charge >= 0.3 is 0 Å². The molecular formula is C46H30N2O. The summed E-state index contributed by atoms with van der Waals surface area (Å²) < 4.78 is 207. The molecule has 0 aliphatic rings. The Kier molecular flexibility index (Phi) is 3.03. The molecule has 0 aliphatic heterocycles. The number of aromatic nitrogens is 1. The van der Waals surface area contributed by atoms with Crippen LogP contribution >= 0.6 is 0 Å². The predicted octanol–water partition coefficient (Wildman–Crippen LogP) is 13.0. The minimum Gasteiger partial charge on any atom is -0.455 e. The first kappa shape index (κ1) is 13.5. The fourth-order valence-electron chi connectivity index (χ4n) is 6.06. The molecule has 0 amide bonds. The van der Waals surface area contributed by atoms with Crippen molar-refractivity contribution in [1.29, 1.82) is 0 Å². The lowest BCUT2D eigenvalue weighted by atomic mass is 10.0. The van der Waals surface area contributed by atoms with Crippen LogP contribution in [0.3, 0.4) is 0 Å². The third-order valence-corrected chi connectivity index (χ3v) is 8.16. The molecule has 8 aromatic carbocycles. The van der Waals surface area contributed by atoms with Crippen molar-refractivity contribution < 1.29 is 34.6 Å². The van der Waals surface area contributed by atoms with Gasteiger partial charge < -0.3 is 13.9 Å². The number of benzene rings is 8. The van der Waals surface area contributed by atoms with E-state index in [2.05, 4.69) is 0 Å². The van der Waals surface area contributed by atoms with Gasteiger partial charge in [-0.2, -0.15) is 0 Å². The van der Waals surface area contributed by atoms with Gasteiger partial charge in [-0.3, -0.25) is 0 Å². The lowest BCUT2D eigenvalue weighted by Gasteiger charge is -2.27. The summed E-state index contributed by atoms with van der Waals surface area (Å²) in [5.41, 5.74) is -4.60. The van der Waals surface area contributed by atoms with Crippen LogP contribution in [0.5, 0.6) is 0 Å². The topological polar surface area (TPSA) is 21.3 Å². The maximum Gasteiger partial charge on any atom is 0.143 e. The maximum atomic E-state index is 9.76. The highest BCUT2D eigenvalue weighted by molar-refractivity contribution is 6.19. The molecule has 230 valence electrons. The zero-order valence-electron chi connectivity index (χ0n) is 46.9. The first-order valence-electron chi connectivity index (χ1n) is 25.9. The molecule has 0 radical (unpaired) electrons. The van der Waals surface area contributed by atoms with E-state index >= 15 is 0 Å². The van der Waals surface area contributed by atoms with Crippen LogP contribution in [0.15, 0.2) is 186 Å². The van der Waals surface area contributed by atoms with Gasteiger partial charge in [0.2, 0.25) is 0 Å². The van der Waals surface area contributed by atoms with Crippen molar-refractivity contribution in [3.8, 4) is 16.8 Å². The normalized spacial score (nSPS) is 18.0. The highest BCUT2D eigenvalue weighted by Crippen LogP contribution is 2.45. The molecule has 0 saturated carbocycles. The van der Waals surface area contributed by atoms with Crippen molar-refractivity contribution in [1.82, 2.24) is 4.57 Å². The number of para-hydroxylation sites is 2. The van der Waals surface area contributed by atoms with Gasteiger partial charge in [0.05, 0.1) is 52.3 Å². The second-order valence-electron chi connectivity index (χ2n) is 10.9. The summed E-state index contributed by atoms with van der Waals surface area (Å²) in [6, 6.07) is -5.19. The second kappa shape index (κ2) is 11.0. The fraction of sp³-hybridized carbons (Fsp3) is 0. The Morgan fingerprint density at radius 1 is 0.490 bits per heavy atom. The SMILES string of the molecule is [2H]c1c([2H])c([2H])c(-c2c([2H])c([2H])c(N(c3c([2H])c([2H])c(-n4c5ccccc5c5ccccc54)c([2H])c3[2H])c3c([2H])c([2H])c([2H])c4oc5c6c([2H])c([2H])c([2H])c([2H])c6c([2H])c([2H])c5c34)c([2H])c2[2H])c([2H])c1[2H]. The molecule has 49 heavy (non-hydrogen) atoms. The van der Waals surface area contributed by atoms with Crippen LogP contribution in [0.1, 0.15) is 30.2 Å². The van der Waals surface area contributed by atoms with E-state index in [1.165, 1.54) is 4.57 Å². The molecule has 0 aliphatic carbocycles. The third kappa shape index (κ3) is 4.37. The van der Waals surface area contributed by atoms with Crippen molar-refractivity contribution in [3.05, 3.63) is 181 Å². The van der Waals surface area contributed by atoms with Crippen molar-refractivity contribution >= 4 is 71.6 Å². The standard InChI is InChI=1S/C46H30N2O/c1-2-11-31(12-3-1)32-21-24-34(25-22-32)47(43-19-10-20-44-45(43)40-30-23-33-13-4-5-14-37(33)46(40)49-44)35-26-28-36(29-27-35)48-41-17-8-6-15-38(41)39-16-7-9-18-42(39)48/h1-30H/i1D,2D,3D,4D,5D,10D,11D,12D,13D,14D,19D,20D,21D,22D,23D,24D,25D,26D,27D,28D,29D,30D. The monoisotopic (exact) mass is 648 g/mol. The summed E-state index contributed by atoms with van der Waals surface area (Å²) in [5.74, 6) is 0. The second-order valence-corrected chi connectivity index (χ2v) is 10.9. The number of hydrogen-bond donors (Lipinski definition) is 0. The van der Waals surface area contributed by atoms with E-state index in [1.807, 2.05) is 0 Å². The Balaban J connectivity index is 1.42. The Morgan fingerprint density at radius 2 is 1.12 bits per heavy atom. The average molecular weight is 649 g/mol. The van der Waals surface area contributed by atoms with Gasteiger partial charge in [-0.1, -0.05) is 115 Å². The molecule has 3 heteroatoms. The number of furan rings is 1. The van der Waals surface area contributed by atoms with Crippen molar-refractivity contribution in [3.63, 3.8) is 0 Å². The van der Waals surface area contributed by atoms with Crippen molar-refractivity contribution in [2.45, 2.75) is 0 Å². The Morgan fingerprint density at radius 3 is 1.86 bits per heavy atom. The lowest BCUT2D eigenvalue weighted by Crippen LogP contribution is -2.10. The number of nitrogens with zero attached hydrogens (tertiary/aromatic N) is 2. The van der Waals surface area contributed by atoms with E-state index in [0.717, 1.165) is 0 Å². The summed E-state index contributed by atoms with van der Waals surface area (Å²) in [4.78, 5) is 0.619. The van der Waals surface area contributed by atoms with Gasteiger partial charge in [0.25, 0.3) is 0 Å². The molecule has 0 N–H and O–H groups in total. The largest absolute Gasteiger partial charge is 0.455 e. The highest BCUT2D eigenvalue weighted by Gasteiger charge is 2.21. The van der Waals surface area contributed by atoms with Gasteiger partial charge in [-0.25, -0.2) is 0 Å². The third-order valence-electron chi connectivity index (χ3n) is 8.16. The zero-order chi connectivity index (χ0) is 51.5. The van der Waals surface area contributed by atoms with Crippen LogP contribution in [0.25, 0.3) is 71.3 Å². The quantitative estimate of drug-likeness (QED) is 0.185. The molecule has 0 atom stereocenters. The number of fused-ring (bicyclic) bond motifs is 8. The molecule has 10 aromatic rings. The van der Waals surface area contributed by atoms with Gasteiger partial charge in [0.15, 0.2) is 0 Å². The zero-order valence-corrected chi connectivity index (χ0v) is 24.9. The minimum atomic E-state index is -1.09. The number of rotatable bonds is 5. The van der Waals surface area contributed by atoms with Crippen LogP contribution < -0.4 is 4.90 Å². The van der Waals surface area contributed by atoms with Crippen LogP contribution in [0.2, 0.25) is 0 Å². The Labute approximate surface area is 314 Å². The van der Waals surface area contributed by atoms with Crippen molar-refractivity contribution in [2.24, 2.45) is 0 Å². The molecule has 0 unspecified atom stereocenters. The van der Waals surface area contributed by atoms with E-state index in [-0.39, 0.29) is 5.69 Å². The summed E-state index contributed by atoms with van der Waals surface area (Å²) >= 11 is 0. The first-order chi connectivity index (χ1) is 33.5. The molecule has 0 spiro atoms. The van der Waals surface area contributed by atoms with Gasteiger partial charge in [0, 0.05) is 38.6 Å². The van der Waals surface area contributed by atoms with E-state index < -0.39 is 194 Å². The smallest absolute Gasteiger partial charge is 0.143 e. The van der Waals surface area contributed by atoms with E-state index in [9.17, 15) is 13.7 Å². The van der Waals surface area contributed by atoms with Gasteiger partial charge in [0.1, 0.15) is 11.2 Å². The Bertz CT molecular complexity index is 3970. The van der Waals surface area contributed by atoms with E-state index in [4.69, 9.17) is 20.9 Å². The molecule has 2 aromatic heterocycles. The predicted molar refractivity (Wildman–Crippen MR) is 206 cm³/mol. The summed E-state index contributed by atoms with van der Waals surface area (Å²) in [6.07, 6.45) is 0. The van der Waals surface area contributed by atoms with E-state index in [1.54, 1.807) is 48.5 Å². The minimum absolute atomic E-state index is 0.280. The summed E-state index contributed by atoms with van der Waals surface area (Å²) in [5, 5.41) is -0.584. The first-order valence-corrected chi connectivity index (χ1v) is 14.9. The maximum absolute atomic E-state index is 9.76. The Hall–Kier alpha value is -6.58. The van der Waals surface area contributed by atoms with Gasteiger partial charge in [-0.05, 0) is 83.0 Å². The molecule has 0 fully saturated rings. The number of hydrogen-bond acceptors (Lipinski definition) is 2. The number of anilines is 3. The van der Waals surface area contributed by atoms with Gasteiger partial charge in [-0.15, -0.1) is 0 Å². The molecule has 10 rings (SSSR count). The van der Waals surface area contributed by atoms with E-state index in [0.29, 0.717) is 26.7 Å². The summed E-state index contributed by atoms with van der Waals surface area (Å²) in [7, 11) is 0. The van der Waals surface area contributed by atoms with Crippen LogP contribution in [-0.2, 0) is 0 Å². The molecular weight excluding hydrogens is 597 g/mol. The van der Waals surface area contributed by atoms with Crippen LogP contribution in [-0.4, -0.2) is 4.57 Å². The molecule has 2 heterocycles. The highest BCUT2D eigenvalue weighted by atomic mass is 16.3. The van der Waals surface area contributed by atoms with Crippen molar-refractivity contribution in [2.75, 3.05) is 4.90 Å². The molecule has 3 nitrogen and oxygen atoms in total. The molecule has 0 saturated heterocycles. The average Bonchev–Trinajstić information content (AvgIpc) is 3.91. The lowest BCUT2D eigenvalue weighted by molar-refractivity contribution is 0.672. The summed E-state index contributed by atoms with van der Waals surface area (Å²) in [6.45, 7) is 0. The van der Waals surface area contributed by atoms with Crippen LogP contribution in [0, 0.1) is 0 Å².